The first kappa shape index (κ1) is 17.2. The van der Waals surface area contributed by atoms with Crippen molar-refractivity contribution < 1.29 is 8.42 Å². The Morgan fingerprint density at radius 3 is 2.50 bits per heavy atom. The Morgan fingerprint density at radius 2 is 1.90 bits per heavy atom. The van der Waals surface area contributed by atoms with Gasteiger partial charge in [-0.05, 0) is 26.2 Å². The maximum Gasteiger partial charge on any atom is 0.211 e. The molecule has 1 rings (SSSR count). The van der Waals surface area contributed by atoms with Crippen LogP contribution in [0.1, 0.15) is 51.9 Å². The fourth-order valence-electron chi connectivity index (χ4n) is 2.29. The van der Waals surface area contributed by atoms with Gasteiger partial charge in [-0.3, -0.25) is 4.99 Å². The van der Waals surface area contributed by atoms with Crippen molar-refractivity contribution >= 4 is 16.0 Å². The Morgan fingerprint density at radius 1 is 1.25 bits per heavy atom. The molecule has 118 valence electrons. The Hall–Kier alpha value is -0.820. The summed E-state index contributed by atoms with van der Waals surface area (Å²) in [6.07, 6.45) is 8.11. The Bertz CT molecular complexity index is 387. The van der Waals surface area contributed by atoms with E-state index in [1.165, 1.54) is 25.7 Å². The highest BCUT2D eigenvalue weighted by atomic mass is 32.2. The molecule has 0 aromatic rings. The molecule has 0 heterocycles. The molecule has 0 saturated heterocycles. The quantitative estimate of drug-likeness (QED) is 0.282. The molecule has 4 N–H and O–H groups in total. The van der Waals surface area contributed by atoms with Gasteiger partial charge in [0.05, 0.1) is 5.75 Å². The summed E-state index contributed by atoms with van der Waals surface area (Å²) in [5, 5.41) is 3.27. The van der Waals surface area contributed by atoms with Gasteiger partial charge in [-0.25, -0.2) is 13.1 Å². The largest absolute Gasteiger partial charge is 0.370 e. The number of nitrogens with one attached hydrogen (secondary N) is 2. The molecule has 1 saturated carbocycles. The van der Waals surface area contributed by atoms with E-state index >= 15 is 0 Å². The molecule has 1 aliphatic rings. The molecule has 1 fully saturated rings. The van der Waals surface area contributed by atoms with Crippen LogP contribution in [0.4, 0.5) is 0 Å². The van der Waals surface area contributed by atoms with E-state index in [2.05, 4.69) is 15.0 Å². The minimum Gasteiger partial charge on any atom is -0.370 e. The van der Waals surface area contributed by atoms with Gasteiger partial charge in [0.15, 0.2) is 5.96 Å². The molecule has 0 radical (unpaired) electrons. The van der Waals surface area contributed by atoms with Gasteiger partial charge in [0.2, 0.25) is 10.0 Å². The van der Waals surface area contributed by atoms with Gasteiger partial charge in [-0.2, -0.15) is 0 Å². The van der Waals surface area contributed by atoms with Gasteiger partial charge in [0.1, 0.15) is 0 Å². The molecule has 0 unspecified atom stereocenters. The van der Waals surface area contributed by atoms with Crippen molar-refractivity contribution in [2.24, 2.45) is 10.7 Å². The predicted molar refractivity (Wildman–Crippen MR) is 83.2 cm³/mol. The number of guanidine groups is 1. The lowest BCUT2D eigenvalue weighted by molar-refractivity contribution is 0.530. The van der Waals surface area contributed by atoms with E-state index < -0.39 is 10.0 Å². The Kier molecular flexibility index (Phi) is 7.91. The molecule has 0 aromatic heterocycles. The minimum atomic E-state index is -3.09. The summed E-state index contributed by atoms with van der Waals surface area (Å²) in [7, 11) is -3.09. The second-order valence-electron chi connectivity index (χ2n) is 5.25. The van der Waals surface area contributed by atoms with Crippen molar-refractivity contribution in [3.8, 4) is 0 Å². The number of rotatable bonds is 7. The summed E-state index contributed by atoms with van der Waals surface area (Å²) in [5.74, 6) is 0.594. The minimum absolute atomic E-state index is 0.113. The van der Waals surface area contributed by atoms with Gasteiger partial charge in [0, 0.05) is 19.1 Å². The van der Waals surface area contributed by atoms with E-state index in [0.29, 0.717) is 31.5 Å². The second kappa shape index (κ2) is 9.18. The number of nitrogens with zero attached hydrogens (tertiary/aromatic N) is 1. The lowest BCUT2D eigenvalue weighted by Crippen LogP contribution is -2.40. The normalized spacial score (nSPS) is 18.8. The van der Waals surface area contributed by atoms with Crippen molar-refractivity contribution in [3.63, 3.8) is 0 Å². The summed E-state index contributed by atoms with van der Waals surface area (Å²) in [4.78, 5) is 4.24. The van der Waals surface area contributed by atoms with Crippen LogP contribution in [0.15, 0.2) is 4.99 Å². The van der Waals surface area contributed by atoms with Gasteiger partial charge < -0.3 is 11.1 Å². The highest BCUT2D eigenvalue weighted by molar-refractivity contribution is 7.89. The molecule has 0 amide bonds. The van der Waals surface area contributed by atoms with E-state index in [9.17, 15) is 8.42 Å². The molecule has 0 bridgehead atoms. The lowest BCUT2D eigenvalue weighted by Gasteiger charge is -2.16. The van der Waals surface area contributed by atoms with Crippen molar-refractivity contribution in [2.45, 2.75) is 57.9 Å². The summed E-state index contributed by atoms with van der Waals surface area (Å²) < 4.78 is 24.9. The first-order valence-corrected chi connectivity index (χ1v) is 9.22. The molecule has 0 aromatic carbocycles. The molecule has 0 atom stereocenters. The van der Waals surface area contributed by atoms with E-state index in [4.69, 9.17) is 5.73 Å². The first-order valence-electron chi connectivity index (χ1n) is 7.57. The van der Waals surface area contributed by atoms with E-state index in [0.717, 1.165) is 12.8 Å². The van der Waals surface area contributed by atoms with Crippen LogP contribution in [0, 0.1) is 0 Å². The van der Waals surface area contributed by atoms with Crippen LogP contribution in [-0.4, -0.2) is 39.3 Å². The van der Waals surface area contributed by atoms with Crippen LogP contribution in [0.3, 0.4) is 0 Å². The maximum atomic E-state index is 11.2. The third-order valence-electron chi connectivity index (χ3n) is 3.53. The zero-order valence-electron chi connectivity index (χ0n) is 12.4. The van der Waals surface area contributed by atoms with Crippen LogP contribution in [-0.2, 0) is 10.0 Å². The zero-order chi connectivity index (χ0) is 14.8. The van der Waals surface area contributed by atoms with E-state index in [1.807, 2.05) is 0 Å². The van der Waals surface area contributed by atoms with Crippen LogP contribution in [0.25, 0.3) is 0 Å². The molecule has 0 aliphatic heterocycles. The van der Waals surface area contributed by atoms with E-state index in [1.54, 1.807) is 6.92 Å². The number of sulfonamides is 1. The summed E-state index contributed by atoms with van der Waals surface area (Å²) in [5.41, 5.74) is 5.85. The molecule has 7 heteroatoms. The molecular weight excluding hydrogens is 276 g/mol. The van der Waals surface area contributed by atoms with E-state index in [-0.39, 0.29) is 5.75 Å². The first-order chi connectivity index (χ1) is 9.53. The molecular formula is C13H28N4O2S. The number of nitrogens with two attached hydrogens (primary N) is 1. The van der Waals surface area contributed by atoms with Crippen molar-refractivity contribution in [2.75, 3.05) is 18.8 Å². The van der Waals surface area contributed by atoms with Crippen LogP contribution >= 0.6 is 0 Å². The average Bonchev–Trinajstić information content (AvgIpc) is 2.67. The molecule has 20 heavy (non-hydrogen) atoms. The SMILES string of the molecule is CCS(=O)(=O)NCCCN=C(N)NC1CCCCCC1. The Labute approximate surface area is 122 Å². The van der Waals surface area contributed by atoms with Gasteiger partial charge in [0.25, 0.3) is 0 Å². The van der Waals surface area contributed by atoms with Gasteiger partial charge >= 0.3 is 0 Å². The third-order valence-corrected chi connectivity index (χ3v) is 4.93. The standard InChI is InChI=1S/C13H28N4O2S/c1-2-20(18,19)16-11-7-10-15-13(14)17-12-8-5-3-4-6-9-12/h12,16H,2-11H2,1H3,(H3,14,15,17). The summed E-state index contributed by atoms with van der Waals surface area (Å²) >= 11 is 0. The van der Waals surface area contributed by atoms with Gasteiger partial charge in [-0.1, -0.05) is 25.7 Å². The number of aliphatic imine (C=N–C) groups is 1. The smallest absolute Gasteiger partial charge is 0.211 e. The monoisotopic (exact) mass is 304 g/mol. The predicted octanol–water partition coefficient (Wildman–Crippen LogP) is 0.943. The molecule has 6 nitrogen and oxygen atoms in total. The maximum absolute atomic E-state index is 11.2. The second-order valence-corrected chi connectivity index (χ2v) is 7.35. The van der Waals surface area contributed by atoms with Crippen LogP contribution in [0.2, 0.25) is 0 Å². The molecule has 1 aliphatic carbocycles. The van der Waals surface area contributed by atoms with Crippen molar-refractivity contribution in [1.29, 1.82) is 0 Å². The van der Waals surface area contributed by atoms with Crippen molar-refractivity contribution in [3.05, 3.63) is 0 Å². The van der Waals surface area contributed by atoms with Crippen LogP contribution in [0.5, 0.6) is 0 Å². The van der Waals surface area contributed by atoms with Gasteiger partial charge in [-0.15, -0.1) is 0 Å². The fourth-order valence-corrected chi connectivity index (χ4v) is 2.95. The topological polar surface area (TPSA) is 96.6 Å². The van der Waals surface area contributed by atoms with Crippen LogP contribution < -0.4 is 15.8 Å². The third kappa shape index (κ3) is 7.69. The average molecular weight is 304 g/mol. The van der Waals surface area contributed by atoms with Crippen molar-refractivity contribution in [1.82, 2.24) is 10.0 Å². The summed E-state index contributed by atoms with van der Waals surface area (Å²) in [6.45, 7) is 2.57. The molecule has 0 spiro atoms. The highest BCUT2D eigenvalue weighted by Crippen LogP contribution is 2.16. The highest BCUT2D eigenvalue weighted by Gasteiger charge is 2.12. The number of hydrogen-bond acceptors (Lipinski definition) is 3. The lowest BCUT2D eigenvalue weighted by atomic mass is 10.1. The summed E-state index contributed by atoms with van der Waals surface area (Å²) in [6, 6.07) is 0.444. The Balaban J connectivity index is 2.17. The zero-order valence-corrected chi connectivity index (χ0v) is 13.2. The number of hydrogen-bond donors (Lipinski definition) is 3. The fraction of sp³-hybridized carbons (Fsp3) is 0.923.